The number of rotatable bonds is 4. The van der Waals surface area contributed by atoms with E-state index in [-0.39, 0.29) is 6.61 Å². The molecule has 5 nitrogen and oxygen atoms in total. The normalized spacial score (nSPS) is 15.8. The van der Waals surface area contributed by atoms with E-state index in [4.69, 9.17) is 15.0 Å². The van der Waals surface area contributed by atoms with Gasteiger partial charge in [-0.1, -0.05) is 30.1 Å². The van der Waals surface area contributed by atoms with Crippen molar-refractivity contribution in [1.82, 2.24) is 10.1 Å². The first-order chi connectivity index (χ1) is 9.33. The van der Waals surface area contributed by atoms with Gasteiger partial charge < -0.3 is 15.0 Å². The van der Waals surface area contributed by atoms with Crippen molar-refractivity contribution < 1.29 is 9.26 Å². The highest BCUT2D eigenvalue weighted by Gasteiger charge is 2.22. The van der Waals surface area contributed by atoms with Crippen molar-refractivity contribution >= 4 is 5.69 Å². The Hall–Kier alpha value is -2.04. The number of nitrogen functional groups attached to an aromatic ring is 1. The molecule has 19 heavy (non-hydrogen) atoms. The molecule has 5 heteroatoms. The summed E-state index contributed by atoms with van der Waals surface area (Å²) in [5, 5.41) is 4.04. The van der Waals surface area contributed by atoms with Crippen LogP contribution in [-0.4, -0.2) is 10.1 Å². The molecule has 2 aromatic rings. The minimum atomic E-state index is 0.258. The van der Waals surface area contributed by atoms with E-state index >= 15 is 0 Å². The van der Waals surface area contributed by atoms with E-state index in [1.54, 1.807) is 6.07 Å². The summed E-state index contributed by atoms with van der Waals surface area (Å²) < 4.78 is 10.8. The second-order valence-electron chi connectivity index (χ2n) is 4.85. The zero-order valence-electron chi connectivity index (χ0n) is 10.7. The van der Waals surface area contributed by atoms with Crippen LogP contribution < -0.4 is 10.5 Å². The van der Waals surface area contributed by atoms with Gasteiger partial charge in [-0.05, 0) is 25.0 Å². The molecule has 0 aliphatic heterocycles. The molecule has 1 fully saturated rings. The average Bonchev–Trinajstić information content (AvgIpc) is 3.09. The lowest BCUT2D eigenvalue weighted by Crippen LogP contribution is -2.00. The molecule has 0 amide bonds. The number of aromatic nitrogens is 2. The number of nitrogens with zero attached hydrogens (tertiary/aromatic N) is 2. The van der Waals surface area contributed by atoms with Gasteiger partial charge in [-0.3, -0.25) is 0 Å². The number of para-hydroxylation sites is 2. The second-order valence-corrected chi connectivity index (χ2v) is 4.85. The maximum absolute atomic E-state index is 5.80. The van der Waals surface area contributed by atoms with Gasteiger partial charge in [0.15, 0.2) is 12.4 Å². The van der Waals surface area contributed by atoms with Crippen LogP contribution in [0.5, 0.6) is 5.75 Å². The quantitative estimate of drug-likeness (QED) is 0.854. The van der Waals surface area contributed by atoms with Gasteiger partial charge in [0.1, 0.15) is 5.75 Å². The highest BCUT2D eigenvalue weighted by Crippen LogP contribution is 2.32. The van der Waals surface area contributed by atoms with E-state index in [2.05, 4.69) is 10.1 Å². The molecule has 100 valence electrons. The van der Waals surface area contributed by atoms with Gasteiger partial charge in [-0.15, -0.1) is 0 Å². The molecule has 1 aromatic carbocycles. The molecule has 0 bridgehead atoms. The summed E-state index contributed by atoms with van der Waals surface area (Å²) in [5.41, 5.74) is 6.41. The van der Waals surface area contributed by atoms with Crippen molar-refractivity contribution in [3.8, 4) is 5.75 Å². The fraction of sp³-hybridized carbons (Fsp3) is 0.429. The molecule has 1 aromatic heterocycles. The zero-order chi connectivity index (χ0) is 13.1. The summed E-state index contributed by atoms with van der Waals surface area (Å²) in [4.78, 5) is 4.39. The fourth-order valence-corrected chi connectivity index (χ4v) is 2.43. The molecule has 1 aliphatic rings. The highest BCUT2D eigenvalue weighted by atomic mass is 16.5. The lowest BCUT2D eigenvalue weighted by Gasteiger charge is -2.05. The molecule has 2 N–H and O–H groups in total. The van der Waals surface area contributed by atoms with Crippen molar-refractivity contribution in [2.45, 2.75) is 38.2 Å². The lowest BCUT2D eigenvalue weighted by molar-refractivity contribution is 0.243. The Morgan fingerprint density at radius 1 is 1.26 bits per heavy atom. The van der Waals surface area contributed by atoms with E-state index in [1.807, 2.05) is 18.2 Å². The first-order valence-corrected chi connectivity index (χ1v) is 6.63. The van der Waals surface area contributed by atoms with Crippen LogP contribution in [0, 0.1) is 0 Å². The molecule has 0 spiro atoms. The summed E-state index contributed by atoms with van der Waals surface area (Å²) in [6.07, 6.45) is 4.83. The summed E-state index contributed by atoms with van der Waals surface area (Å²) in [6, 6.07) is 7.37. The molecule has 0 atom stereocenters. The van der Waals surface area contributed by atoms with Gasteiger partial charge in [0, 0.05) is 5.92 Å². The van der Waals surface area contributed by atoms with E-state index in [0.717, 1.165) is 18.7 Å². The average molecular weight is 259 g/mol. The van der Waals surface area contributed by atoms with Crippen LogP contribution in [0.4, 0.5) is 5.69 Å². The number of nitrogens with two attached hydrogens (primary N) is 1. The lowest BCUT2D eigenvalue weighted by atomic mass is 10.1. The Bertz CT molecular complexity index is 547. The summed E-state index contributed by atoms with van der Waals surface area (Å²) in [5.74, 6) is 2.42. The predicted octanol–water partition coefficient (Wildman–Crippen LogP) is 2.89. The Morgan fingerprint density at radius 3 is 2.84 bits per heavy atom. The minimum absolute atomic E-state index is 0.258. The minimum Gasteiger partial charge on any atom is -0.482 e. The molecule has 1 aliphatic carbocycles. The SMILES string of the molecule is Nc1ccccc1OCc1nc(C2CCCC2)no1. The largest absolute Gasteiger partial charge is 0.482 e. The third-order valence-electron chi connectivity index (χ3n) is 3.47. The van der Waals surface area contributed by atoms with E-state index in [9.17, 15) is 0 Å². The Kier molecular flexibility index (Phi) is 3.35. The van der Waals surface area contributed by atoms with Crippen molar-refractivity contribution in [2.24, 2.45) is 0 Å². The first-order valence-electron chi connectivity index (χ1n) is 6.63. The molecule has 1 heterocycles. The van der Waals surface area contributed by atoms with Crippen LogP contribution >= 0.6 is 0 Å². The Labute approximate surface area is 111 Å². The van der Waals surface area contributed by atoms with E-state index in [1.165, 1.54) is 12.8 Å². The van der Waals surface area contributed by atoms with Gasteiger partial charge in [0.25, 0.3) is 5.89 Å². The summed E-state index contributed by atoms with van der Waals surface area (Å²) >= 11 is 0. The van der Waals surface area contributed by atoms with E-state index < -0.39 is 0 Å². The van der Waals surface area contributed by atoms with Crippen LogP contribution in [0.2, 0.25) is 0 Å². The second kappa shape index (κ2) is 5.30. The van der Waals surface area contributed by atoms with Gasteiger partial charge in [0.2, 0.25) is 0 Å². The van der Waals surface area contributed by atoms with Gasteiger partial charge in [-0.2, -0.15) is 4.98 Å². The van der Waals surface area contributed by atoms with Crippen molar-refractivity contribution in [3.05, 3.63) is 36.0 Å². The third-order valence-corrected chi connectivity index (χ3v) is 3.47. The number of benzene rings is 1. The van der Waals surface area contributed by atoms with Gasteiger partial charge >= 0.3 is 0 Å². The number of anilines is 1. The highest BCUT2D eigenvalue weighted by molar-refractivity contribution is 5.51. The van der Waals surface area contributed by atoms with Crippen molar-refractivity contribution in [1.29, 1.82) is 0 Å². The van der Waals surface area contributed by atoms with Crippen LogP contribution in [-0.2, 0) is 6.61 Å². The molecular weight excluding hydrogens is 242 g/mol. The molecule has 0 saturated heterocycles. The zero-order valence-corrected chi connectivity index (χ0v) is 10.7. The maximum Gasteiger partial charge on any atom is 0.264 e. The Balaban J connectivity index is 1.63. The topological polar surface area (TPSA) is 74.2 Å². The maximum atomic E-state index is 5.80. The molecule has 0 radical (unpaired) electrons. The van der Waals surface area contributed by atoms with Crippen molar-refractivity contribution in [3.63, 3.8) is 0 Å². The number of ether oxygens (including phenoxy) is 1. The molecular formula is C14H17N3O2. The third kappa shape index (κ3) is 2.70. The standard InChI is InChI=1S/C14H17N3O2/c15-11-7-3-4-8-12(11)18-9-13-16-14(17-19-13)10-5-1-2-6-10/h3-4,7-8,10H,1-2,5-6,9,15H2. The van der Waals surface area contributed by atoms with Crippen LogP contribution in [0.1, 0.15) is 43.3 Å². The molecule has 1 saturated carbocycles. The van der Waals surface area contributed by atoms with Crippen LogP contribution in [0.3, 0.4) is 0 Å². The summed E-state index contributed by atoms with van der Waals surface area (Å²) in [6.45, 7) is 0.258. The first kappa shape index (κ1) is 12.0. The number of hydrogen-bond donors (Lipinski definition) is 1. The molecule has 3 rings (SSSR count). The van der Waals surface area contributed by atoms with E-state index in [0.29, 0.717) is 23.2 Å². The van der Waals surface area contributed by atoms with Crippen molar-refractivity contribution in [2.75, 3.05) is 5.73 Å². The van der Waals surface area contributed by atoms with Gasteiger partial charge in [-0.25, -0.2) is 0 Å². The molecule has 0 unspecified atom stereocenters. The fourth-order valence-electron chi connectivity index (χ4n) is 2.43. The predicted molar refractivity (Wildman–Crippen MR) is 70.7 cm³/mol. The van der Waals surface area contributed by atoms with Crippen LogP contribution in [0.25, 0.3) is 0 Å². The monoisotopic (exact) mass is 259 g/mol. The smallest absolute Gasteiger partial charge is 0.264 e. The van der Waals surface area contributed by atoms with Gasteiger partial charge in [0.05, 0.1) is 5.69 Å². The summed E-state index contributed by atoms with van der Waals surface area (Å²) in [7, 11) is 0. The van der Waals surface area contributed by atoms with Crippen LogP contribution in [0.15, 0.2) is 28.8 Å². The number of hydrogen-bond acceptors (Lipinski definition) is 5. The Morgan fingerprint density at radius 2 is 2.05 bits per heavy atom.